The van der Waals surface area contributed by atoms with Crippen LogP contribution in [0.3, 0.4) is 0 Å². The normalized spacial score (nSPS) is 13.7. The highest BCUT2D eigenvalue weighted by Crippen LogP contribution is 2.14. The Morgan fingerprint density at radius 3 is 1.74 bits per heavy atom. The summed E-state index contributed by atoms with van der Waals surface area (Å²) in [7, 11) is 1.47. The van der Waals surface area contributed by atoms with E-state index in [2.05, 4.69) is 16.7 Å². The number of carbonyl (C=O) groups is 1. The zero-order valence-electron chi connectivity index (χ0n) is 17.8. The van der Waals surface area contributed by atoms with Gasteiger partial charge in [0, 0.05) is 7.11 Å². The van der Waals surface area contributed by atoms with E-state index in [-0.39, 0.29) is 0 Å². The summed E-state index contributed by atoms with van der Waals surface area (Å²) in [4.78, 5) is 14.5. The smallest absolute Gasteiger partial charge is 0.332 e. The van der Waals surface area contributed by atoms with Gasteiger partial charge in [-0.3, -0.25) is 4.99 Å². The van der Waals surface area contributed by atoms with Gasteiger partial charge >= 0.3 is 5.97 Å². The minimum atomic E-state index is -0.836. The van der Waals surface area contributed by atoms with Gasteiger partial charge in [0.25, 0.3) is 0 Å². The van der Waals surface area contributed by atoms with Crippen molar-refractivity contribution in [1.29, 1.82) is 0 Å². The lowest BCUT2D eigenvalue weighted by atomic mass is 10.0. The average Bonchev–Trinajstić information content (AvgIpc) is 3.25. The number of unbranched alkanes of at least 4 members (excludes halogenated alkanes) is 13. The Morgan fingerprint density at radius 1 is 0.963 bits per heavy atom. The number of aliphatic imine (C=N–C) groups is 1. The highest BCUT2D eigenvalue weighted by Gasteiger charge is 2.14. The Labute approximate surface area is 166 Å². The van der Waals surface area contributed by atoms with E-state index in [0.29, 0.717) is 6.42 Å². The van der Waals surface area contributed by atoms with E-state index < -0.39 is 12.1 Å². The Balaban J connectivity index is 0.00000115. The first-order valence-electron chi connectivity index (χ1n) is 11.1. The first kappa shape index (κ1) is 25.9. The third-order valence-electron chi connectivity index (χ3n) is 4.87. The molecule has 5 nitrogen and oxygen atoms in total. The van der Waals surface area contributed by atoms with E-state index in [4.69, 9.17) is 9.84 Å². The van der Waals surface area contributed by atoms with Gasteiger partial charge in [-0.25, -0.2) is 4.79 Å². The van der Waals surface area contributed by atoms with Gasteiger partial charge in [-0.05, 0) is 6.42 Å². The molecule has 1 atom stereocenters. The minimum Gasteiger partial charge on any atom is -0.482 e. The summed E-state index contributed by atoms with van der Waals surface area (Å²) >= 11 is 0. The van der Waals surface area contributed by atoms with Gasteiger partial charge in [0.1, 0.15) is 6.61 Å². The lowest BCUT2D eigenvalue weighted by Gasteiger charge is -2.09. The largest absolute Gasteiger partial charge is 0.482 e. The van der Waals surface area contributed by atoms with Crippen LogP contribution in [-0.2, 0) is 14.3 Å². The third-order valence-corrected chi connectivity index (χ3v) is 4.87. The van der Waals surface area contributed by atoms with Crippen molar-refractivity contribution in [2.45, 2.75) is 109 Å². The van der Waals surface area contributed by atoms with Crippen molar-refractivity contribution >= 4 is 12.4 Å². The van der Waals surface area contributed by atoms with Crippen molar-refractivity contribution in [3.05, 3.63) is 0 Å². The molecule has 0 fully saturated rings. The van der Waals surface area contributed by atoms with Crippen molar-refractivity contribution < 1.29 is 19.4 Å². The van der Waals surface area contributed by atoms with E-state index in [1.807, 2.05) is 0 Å². The van der Waals surface area contributed by atoms with Crippen molar-refractivity contribution in [1.82, 2.24) is 0 Å². The molecule has 1 aliphatic rings. The summed E-state index contributed by atoms with van der Waals surface area (Å²) in [5, 5.41) is 8.85. The summed E-state index contributed by atoms with van der Waals surface area (Å²) in [6.45, 7) is 3.89. The van der Waals surface area contributed by atoms with Gasteiger partial charge in [0.2, 0.25) is 0 Å². The van der Waals surface area contributed by atoms with Gasteiger partial charge < -0.3 is 14.6 Å². The molecule has 0 aliphatic carbocycles. The van der Waals surface area contributed by atoms with Crippen molar-refractivity contribution in [3.8, 4) is 0 Å². The van der Waals surface area contributed by atoms with E-state index in [9.17, 15) is 4.79 Å². The maximum absolute atomic E-state index is 10.8. The first-order valence-corrected chi connectivity index (χ1v) is 11.1. The van der Waals surface area contributed by atoms with Crippen LogP contribution in [0.15, 0.2) is 4.99 Å². The maximum atomic E-state index is 10.8. The van der Waals surface area contributed by atoms with Crippen LogP contribution in [-0.4, -0.2) is 43.8 Å². The molecule has 1 N–H and O–H groups in total. The Hall–Kier alpha value is -1.10. The molecule has 0 amide bonds. The molecule has 0 saturated heterocycles. The number of nitrogens with zero attached hydrogens (tertiary/aromatic N) is 1. The number of methoxy groups -OCH3 is 1. The lowest BCUT2D eigenvalue weighted by molar-refractivity contribution is -0.148. The predicted molar refractivity (Wildman–Crippen MR) is 113 cm³/mol. The highest BCUT2D eigenvalue weighted by atomic mass is 16.5. The monoisotopic (exact) mass is 385 g/mol. The zero-order valence-corrected chi connectivity index (χ0v) is 17.8. The van der Waals surface area contributed by atoms with Crippen LogP contribution < -0.4 is 0 Å². The number of carboxylic acids is 1. The molecular formula is C22H43NO4. The summed E-state index contributed by atoms with van der Waals surface area (Å²) in [5.41, 5.74) is 0. The minimum absolute atomic E-state index is 0.614. The van der Waals surface area contributed by atoms with Gasteiger partial charge in [0.05, 0.1) is 6.54 Å². The van der Waals surface area contributed by atoms with Crippen molar-refractivity contribution in [2.24, 2.45) is 4.99 Å². The van der Waals surface area contributed by atoms with Crippen LogP contribution in [0.5, 0.6) is 0 Å². The van der Waals surface area contributed by atoms with E-state index in [1.54, 1.807) is 0 Å². The fraction of sp³-hybridized carbons (Fsp3) is 0.909. The van der Waals surface area contributed by atoms with Crippen LogP contribution in [0.1, 0.15) is 103 Å². The number of carboxylic acid groups (broad SMARTS) is 1. The molecule has 160 valence electrons. The summed E-state index contributed by atoms with van der Waals surface area (Å²) in [5.74, 6) is -0.836. The van der Waals surface area contributed by atoms with Gasteiger partial charge in [-0.1, -0.05) is 96.8 Å². The van der Waals surface area contributed by atoms with E-state index in [1.165, 1.54) is 90.6 Å². The summed E-state index contributed by atoms with van der Waals surface area (Å²) in [6.07, 6.45) is 20.0. The molecule has 0 spiro atoms. The van der Waals surface area contributed by atoms with E-state index >= 15 is 0 Å². The number of rotatable bonds is 17. The van der Waals surface area contributed by atoms with Crippen LogP contribution in [0.2, 0.25) is 0 Å². The molecule has 0 aromatic carbocycles. The van der Waals surface area contributed by atoms with Crippen LogP contribution in [0.25, 0.3) is 0 Å². The molecule has 1 unspecified atom stereocenters. The molecule has 1 aliphatic heterocycles. The van der Waals surface area contributed by atoms with Crippen molar-refractivity contribution in [2.75, 3.05) is 20.3 Å². The molecule has 1 rings (SSSR count). The summed E-state index contributed by atoms with van der Waals surface area (Å²) in [6, 6.07) is 0. The topological polar surface area (TPSA) is 68.1 Å². The molecule has 0 aromatic rings. The van der Waals surface area contributed by atoms with Gasteiger partial charge in [-0.2, -0.15) is 0 Å². The second-order valence-electron chi connectivity index (χ2n) is 7.33. The molecule has 1 heterocycles. The number of aliphatic carboxylic acids is 1. The zero-order chi connectivity index (χ0) is 20.0. The molecular weight excluding hydrogens is 342 g/mol. The van der Waals surface area contributed by atoms with Gasteiger partial charge in [-0.15, -0.1) is 0 Å². The molecule has 27 heavy (non-hydrogen) atoms. The molecule has 0 aromatic heterocycles. The molecule has 0 radical (unpaired) electrons. The SMILES string of the molecule is C1=NCCO1.CCCCCCCCCCCCCCCCC(OC)C(=O)O. The maximum Gasteiger partial charge on any atom is 0.332 e. The Bertz CT molecular complexity index is 341. The Morgan fingerprint density at radius 2 is 1.44 bits per heavy atom. The first-order chi connectivity index (χ1) is 13.2. The molecule has 5 heteroatoms. The van der Waals surface area contributed by atoms with E-state index in [0.717, 1.165) is 26.0 Å². The Kier molecular flexibility index (Phi) is 20.3. The van der Waals surface area contributed by atoms with Crippen LogP contribution in [0, 0.1) is 0 Å². The average molecular weight is 386 g/mol. The molecule has 0 bridgehead atoms. The quantitative estimate of drug-likeness (QED) is 0.312. The second-order valence-corrected chi connectivity index (χ2v) is 7.33. The second kappa shape index (κ2) is 21.2. The summed E-state index contributed by atoms with van der Waals surface area (Å²) < 4.78 is 9.58. The number of ether oxygens (including phenoxy) is 2. The number of hydrogen-bond acceptors (Lipinski definition) is 4. The standard InChI is InChI=1S/C19H38O3.C3H5NO/c1-3-4-5-6-7-8-9-10-11-12-13-14-15-16-17-18(22-2)19(20)21;1-2-5-3-4-1/h18H,3-17H2,1-2H3,(H,20,21);3H,1-2H2. The van der Waals surface area contributed by atoms with Gasteiger partial charge in [0.15, 0.2) is 12.5 Å². The fourth-order valence-corrected chi connectivity index (χ4v) is 3.13. The van der Waals surface area contributed by atoms with Crippen LogP contribution >= 0.6 is 0 Å². The number of hydrogen-bond donors (Lipinski definition) is 1. The predicted octanol–water partition coefficient (Wildman–Crippen LogP) is 6.00. The lowest BCUT2D eigenvalue weighted by Crippen LogP contribution is -2.21. The third kappa shape index (κ3) is 19.5. The van der Waals surface area contributed by atoms with Crippen LogP contribution in [0.4, 0.5) is 0 Å². The highest BCUT2D eigenvalue weighted by molar-refractivity contribution is 5.72. The molecule has 0 saturated carbocycles. The fourth-order valence-electron chi connectivity index (χ4n) is 3.13. The van der Waals surface area contributed by atoms with Crippen molar-refractivity contribution in [3.63, 3.8) is 0 Å².